The van der Waals surface area contributed by atoms with Crippen LogP contribution in [0.1, 0.15) is 56.8 Å². The Morgan fingerprint density at radius 1 is 0.944 bits per heavy atom. The molecule has 0 aliphatic carbocycles. The molecule has 0 unspecified atom stereocenters. The molecule has 0 spiro atoms. The molecule has 8 nitrogen and oxygen atoms in total. The van der Waals surface area contributed by atoms with Crippen LogP contribution in [0.5, 0.6) is 0 Å². The topological polar surface area (TPSA) is 89.7 Å². The number of carbonyl (C=O) groups is 1. The monoisotopic (exact) mass is 481 g/mol. The van der Waals surface area contributed by atoms with Crippen molar-refractivity contribution in [2.75, 3.05) is 4.90 Å². The fourth-order valence-corrected chi connectivity index (χ4v) is 4.47. The van der Waals surface area contributed by atoms with Gasteiger partial charge >= 0.3 is 0 Å². The van der Waals surface area contributed by atoms with Gasteiger partial charge in [-0.3, -0.25) is 9.69 Å². The summed E-state index contributed by atoms with van der Waals surface area (Å²) >= 11 is 0. The van der Waals surface area contributed by atoms with E-state index in [1.165, 1.54) is 0 Å². The van der Waals surface area contributed by atoms with Crippen LogP contribution in [-0.4, -0.2) is 36.1 Å². The van der Waals surface area contributed by atoms with Gasteiger partial charge in [0, 0.05) is 29.7 Å². The van der Waals surface area contributed by atoms with Crippen LogP contribution in [-0.2, 0) is 29.7 Å². The number of benzene rings is 2. The molecule has 4 aromatic rings. The molecular weight excluding hydrogens is 450 g/mol. The number of nitrogens with zero attached hydrogens (tertiary/aromatic N) is 7. The van der Waals surface area contributed by atoms with Gasteiger partial charge in [0.05, 0.1) is 12.1 Å². The van der Waals surface area contributed by atoms with Crippen molar-refractivity contribution >= 4 is 11.7 Å². The lowest BCUT2D eigenvalue weighted by molar-refractivity contribution is -0.119. The predicted molar refractivity (Wildman–Crippen MR) is 139 cm³/mol. The number of aromatic nitrogens is 6. The number of aryl methyl sites for hydroxylation is 2. The summed E-state index contributed by atoms with van der Waals surface area (Å²) in [6, 6.07) is 16.4. The third-order valence-corrected chi connectivity index (χ3v) is 6.49. The van der Waals surface area contributed by atoms with Gasteiger partial charge in [-0.1, -0.05) is 55.5 Å². The van der Waals surface area contributed by atoms with Crippen molar-refractivity contribution in [3.8, 4) is 22.5 Å². The average Bonchev–Trinajstić information content (AvgIpc) is 3.37. The lowest BCUT2D eigenvalue weighted by Crippen LogP contribution is -2.36. The molecule has 0 radical (unpaired) electrons. The quantitative estimate of drug-likeness (QED) is 0.403. The van der Waals surface area contributed by atoms with Crippen LogP contribution in [0.2, 0.25) is 0 Å². The first-order valence-corrected chi connectivity index (χ1v) is 12.4. The van der Waals surface area contributed by atoms with E-state index in [0.29, 0.717) is 25.2 Å². The maximum absolute atomic E-state index is 12.9. The van der Waals surface area contributed by atoms with Gasteiger partial charge in [-0.25, -0.2) is 9.97 Å². The van der Waals surface area contributed by atoms with Crippen molar-refractivity contribution in [1.82, 2.24) is 30.2 Å². The van der Waals surface area contributed by atoms with E-state index < -0.39 is 0 Å². The third-order valence-electron chi connectivity index (χ3n) is 6.49. The number of fused-ring (bicyclic) bond motifs is 1. The Bertz CT molecular complexity index is 1420. The molecule has 0 bridgehead atoms. The first kappa shape index (κ1) is 23.8. The summed E-state index contributed by atoms with van der Waals surface area (Å²) in [6.07, 6.45) is 1.92. The molecule has 2 aromatic heterocycles. The molecule has 2 aromatic carbocycles. The zero-order valence-corrected chi connectivity index (χ0v) is 21.5. The molecule has 0 fully saturated rings. The lowest BCUT2D eigenvalue weighted by Gasteiger charge is -2.29. The van der Waals surface area contributed by atoms with Crippen LogP contribution < -0.4 is 4.90 Å². The van der Waals surface area contributed by atoms with Gasteiger partial charge in [0.15, 0.2) is 0 Å². The smallest absolute Gasteiger partial charge is 0.228 e. The number of hydrogen-bond acceptors (Lipinski definition) is 6. The highest BCUT2D eigenvalue weighted by Crippen LogP contribution is 2.32. The highest BCUT2D eigenvalue weighted by molar-refractivity contribution is 5.95. The number of carbonyl (C=O) groups excluding carboxylic acids is 1. The number of tetrazole rings is 1. The molecule has 36 heavy (non-hydrogen) atoms. The van der Waals surface area contributed by atoms with Gasteiger partial charge in [-0.2, -0.15) is 4.80 Å². The molecule has 8 heteroatoms. The second-order valence-corrected chi connectivity index (χ2v) is 10.2. The number of rotatable bonds is 5. The van der Waals surface area contributed by atoms with E-state index in [0.717, 1.165) is 51.6 Å². The molecule has 5 rings (SSSR count). The van der Waals surface area contributed by atoms with E-state index in [1.54, 1.807) is 4.80 Å². The normalized spacial score (nSPS) is 13.7. The SMILES string of the molecule is CCc1nc(C)c2c(n1)N(Cc1ccc(-c3ccccc3-c3nnn(C(C)(C)C)n3)cc1)C(=O)CC2. The van der Waals surface area contributed by atoms with E-state index in [9.17, 15) is 4.79 Å². The summed E-state index contributed by atoms with van der Waals surface area (Å²) < 4.78 is 0. The van der Waals surface area contributed by atoms with Gasteiger partial charge < -0.3 is 0 Å². The highest BCUT2D eigenvalue weighted by Gasteiger charge is 2.28. The van der Waals surface area contributed by atoms with E-state index in [2.05, 4.69) is 50.7 Å². The molecule has 0 saturated carbocycles. The van der Waals surface area contributed by atoms with Crippen molar-refractivity contribution in [1.29, 1.82) is 0 Å². The maximum atomic E-state index is 12.9. The van der Waals surface area contributed by atoms with E-state index in [1.807, 2.05) is 57.7 Å². The fourth-order valence-electron chi connectivity index (χ4n) is 4.47. The van der Waals surface area contributed by atoms with E-state index in [4.69, 9.17) is 4.98 Å². The summed E-state index contributed by atoms with van der Waals surface area (Å²) in [5.41, 5.74) is 5.87. The molecule has 0 atom stereocenters. The van der Waals surface area contributed by atoms with Gasteiger partial charge in [0.2, 0.25) is 11.7 Å². The highest BCUT2D eigenvalue weighted by atomic mass is 16.2. The zero-order valence-electron chi connectivity index (χ0n) is 21.5. The predicted octanol–water partition coefficient (Wildman–Crippen LogP) is 4.90. The Morgan fingerprint density at radius 2 is 1.67 bits per heavy atom. The Kier molecular flexibility index (Phi) is 6.12. The van der Waals surface area contributed by atoms with Crippen LogP contribution in [0.15, 0.2) is 48.5 Å². The first-order valence-electron chi connectivity index (χ1n) is 12.4. The van der Waals surface area contributed by atoms with Gasteiger partial charge in [0.25, 0.3) is 0 Å². The van der Waals surface area contributed by atoms with Crippen LogP contribution in [0.25, 0.3) is 22.5 Å². The lowest BCUT2D eigenvalue weighted by atomic mass is 9.98. The molecule has 1 amide bonds. The van der Waals surface area contributed by atoms with Crippen LogP contribution >= 0.6 is 0 Å². The zero-order chi connectivity index (χ0) is 25.4. The second kappa shape index (κ2) is 9.26. The summed E-state index contributed by atoms with van der Waals surface area (Å²) in [7, 11) is 0. The molecule has 3 heterocycles. The first-order chi connectivity index (χ1) is 17.2. The molecule has 1 aliphatic rings. The van der Waals surface area contributed by atoms with Crippen LogP contribution in [0.4, 0.5) is 5.82 Å². The van der Waals surface area contributed by atoms with E-state index in [-0.39, 0.29) is 11.4 Å². The molecular formula is C28H31N7O. The van der Waals surface area contributed by atoms with Gasteiger partial charge in [-0.15, -0.1) is 10.2 Å². The fraction of sp³-hybridized carbons (Fsp3) is 0.357. The minimum absolute atomic E-state index is 0.102. The summed E-state index contributed by atoms with van der Waals surface area (Å²) in [4.78, 5) is 25.7. The standard InChI is InChI=1S/C28H31N7O/c1-6-24-29-18(2)21-15-16-25(36)34(27(21)30-24)17-19-11-13-20(14-12-19)22-9-7-8-10-23(22)26-31-33-35(32-26)28(3,4)5/h7-14H,6,15-17H2,1-5H3. The summed E-state index contributed by atoms with van der Waals surface area (Å²) in [6.45, 7) is 10.7. The van der Waals surface area contributed by atoms with Gasteiger partial charge in [0.1, 0.15) is 11.6 Å². The summed E-state index contributed by atoms with van der Waals surface area (Å²) in [5, 5.41) is 13.2. The Hall–Kier alpha value is -3.94. The van der Waals surface area contributed by atoms with Crippen molar-refractivity contribution in [2.24, 2.45) is 0 Å². The second-order valence-electron chi connectivity index (χ2n) is 10.2. The number of hydrogen-bond donors (Lipinski definition) is 0. The number of anilines is 1. The number of amides is 1. The van der Waals surface area contributed by atoms with Crippen LogP contribution in [0, 0.1) is 6.92 Å². The Labute approximate surface area is 211 Å². The van der Waals surface area contributed by atoms with Gasteiger partial charge in [-0.05, 0) is 56.0 Å². The molecule has 0 N–H and O–H groups in total. The van der Waals surface area contributed by atoms with Crippen molar-refractivity contribution in [2.45, 2.75) is 66.0 Å². The molecule has 184 valence electrons. The average molecular weight is 482 g/mol. The van der Waals surface area contributed by atoms with Crippen molar-refractivity contribution in [3.63, 3.8) is 0 Å². The van der Waals surface area contributed by atoms with Crippen molar-refractivity contribution < 1.29 is 4.79 Å². The molecule has 0 saturated heterocycles. The maximum Gasteiger partial charge on any atom is 0.228 e. The van der Waals surface area contributed by atoms with Crippen LogP contribution in [0.3, 0.4) is 0 Å². The Balaban J connectivity index is 1.44. The third kappa shape index (κ3) is 4.51. The van der Waals surface area contributed by atoms with E-state index >= 15 is 0 Å². The van der Waals surface area contributed by atoms with Crippen molar-refractivity contribution in [3.05, 3.63) is 71.2 Å². The minimum Gasteiger partial charge on any atom is -0.292 e. The minimum atomic E-state index is -0.242. The largest absolute Gasteiger partial charge is 0.292 e. The Morgan fingerprint density at radius 3 is 2.33 bits per heavy atom. The summed E-state index contributed by atoms with van der Waals surface area (Å²) in [5.74, 6) is 2.24. The molecule has 1 aliphatic heterocycles.